The molecule has 0 fully saturated rings. The fourth-order valence-corrected chi connectivity index (χ4v) is 2.60. The average Bonchev–Trinajstić information content (AvgIpc) is 2.88. The van der Waals surface area contributed by atoms with E-state index in [0.717, 1.165) is 5.57 Å². The second-order valence-corrected chi connectivity index (χ2v) is 5.43. The number of allylic oxidation sites excluding steroid dienone is 10. The van der Waals surface area contributed by atoms with Crippen LogP contribution in [0, 0.1) is 0 Å². The maximum absolute atomic E-state index is 3.56. The van der Waals surface area contributed by atoms with E-state index in [9.17, 15) is 0 Å². The molecule has 0 bridgehead atoms. The average molecular weight is 366 g/mol. The van der Waals surface area contributed by atoms with Crippen LogP contribution in [0.2, 0.25) is 0 Å². The molecule has 1 aromatic carbocycles. The molecule has 2 aliphatic rings. The molecule has 3 rings (SSSR count). The Morgan fingerprint density at radius 2 is 1.68 bits per heavy atom. The second-order valence-electron chi connectivity index (χ2n) is 5.43. The van der Waals surface area contributed by atoms with Crippen LogP contribution in [0.15, 0.2) is 103 Å². The van der Waals surface area contributed by atoms with E-state index in [1.165, 1.54) is 16.7 Å². The summed E-state index contributed by atoms with van der Waals surface area (Å²) >= 11 is 0. The van der Waals surface area contributed by atoms with Gasteiger partial charge >= 0.3 is 0 Å². The van der Waals surface area contributed by atoms with Crippen molar-refractivity contribution in [1.82, 2.24) is 0 Å². The largest absolute Gasteiger partial charge is 0.0988 e. The van der Waals surface area contributed by atoms with Crippen molar-refractivity contribution in [3.63, 3.8) is 0 Å². The van der Waals surface area contributed by atoms with Crippen LogP contribution < -0.4 is 0 Å². The molecular weight excluding hydrogens is 343 g/mol. The molecule has 0 saturated heterocycles. The first-order valence-electron chi connectivity index (χ1n) is 7.20. The number of benzene rings is 1. The van der Waals surface area contributed by atoms with Gasteiger partial charge in [0.25, 0.3) is 0 Å². The summed E-state index contributed by atoms with van der Waals surface area (Å²) in [5, 5.41) is 0. The van der Waals surface area contributed by atoms with Gasteiger partial charge in [0.1, 0.15) is 0 Å². The van der Waals surface area contributed by atoms with Gasteiger partial charge in [-0.3, -0.25) is 0 Å². The summed E-state index contributed by atoms with van der Waals surface area (Å²) in [6.07, 6.45) is 15.0. The topological polar surface area (TPSA) is 0 Å². The fraction of sp³-hybridized carbons (Fsp3) is 0.143. The van der Waals surface area contributed by atoms with Crippen LogP contribution in [0.4, 0.5) is 0 Å². The monoisotopic (exact) mass is 364 g/mol. The molecule has 0 N–H and O–H groups in total. The van der Waals surface area contributed by atoms with Crippen LogP contribution in [-0.2, 0) is 31.6 Å². The second kappa shape index (κ2) is 8.25. The van der Waals surface area contributed by atoms with Crippen molar-refractivity contribution in [1.29, 1.82) is 0 Å². The Labute approximate surface area is 153 Å². The zero-order valence-corrected chi connectivity index (χ0v) is 15.8. The molecule has 1 aromatic rings. The van der Waals surface area contributed by atoms with E-state index < -0.39 is 0 Å². The minimum absolute atomic E-state index is 0. The van der Waals surface area contributed by atoms with Crippen LogP contribution >= 0.6 is 0 Å². The summed E-state index contributed by atoms with van der Waals surface area (Å²) in [5.74, 6) is 0. The van der Waals surface area contributed by atoms with Crippen molar-refractivity contribution in [3.05, 3.63) is 108 Å². The third-order valence-electron chi connectivity index (χ3n) is 3.80. The van der Waals surface area contributed by atoms with Crippen molar-refractivity contribution >= 4 is 0 Å². The van der Waals surface area contributed by atoms with E-state index >= 15 is 0 Å². The molecule has 0 nitrogen and oxygen atoms in total. The Morgan fingerprint density at radius 1 is 1.05 bits per heavy atom. The Kier molecular flexibility index (Phi) is 6.97. The van der Waals surface area contributed by atoms with Gasteiger partial charge in [-0.1, -0.05) is 91.6 Å². The molecule has 0 amide bonds. The van der Waals surface area contributed by atoms with Crippen molar-refractivity contribution in [2.24, 2.45) is 0 Å². The van der Waals surface area contributed by atoms with Crippen LogP contribution in [0.3, 0.4) is 0 Å². The van der Waals surface area contributed by atoms with Gasteiger partial charge in [-0.15, -0.1) is 0 Å². The maximum atomic E-state index is 3.56. The Hall–Kier alpha value is -1.46. The van der Waals surface area contributed by atoms with E-state index in [1.807, 2.05) is 6.92 Å². The van der Waals surface area contributed by atoms with Crippen LogP contribution in [0.1, 0.15) is 19.4 Å². The molecular formula is C21H22Zr. The van der Waals surface area contributed by atoms with Crippen molar-refractivity contribution in [2.45, 2.75) is 19.3 Å². The number of hydrogen-bond donors (Lipinski definition) is 0. The van der Waals surface area contributed by atoms with E-state index in [1.54, 1.807) is 6.08 Å². The SMILES string of the molecule is C=CC(=C)C.CC1=C2C=CC=CC2(c2ccccc2)C=C1.[Zr]. The van der Waals surface area contributed by atoms with Gasteiger partial charge in [-0.2, -0.15) is 0 Å². The van der Waals surface area contributed by atoms with E-state index in [0.29, 0.717) is 0 Å². The molecule has 0 saturated carbocycles. The molecule has 0 aliphatic heterocycles. The third kappa shape index (κ3) is 3.84. The number of rotatable bonds is 2. The summed E-state index contributed by atoms with van der Waals surface area (Å²) in [7, 11) is 0. The van der Waals surface area contributed by atoms with Gasteiger partial charge in [0.15, 0.2) is 0 Å². The summed E-state index contributed by atoms with van der Waals surface area (Å²) in [4.78, 5) is 0. The fourth-order valence-electron chi connectivity index (χ4n) is 2.60. The van der Waals surface area contributed by atoms with E-state index in [4.69, 9.17) is 0 Å². The normalized spacial score (nSPS) is 20.6. The predicted molar refractivity (Wildman–Crippen MR) is 93.3 cm³/mol. The first kappa shape index (κ1) is 18.6. The van der Waals surface area contributed by atoms with Crippen molar-refractivity contribution < 1.29 is 26.2 Å². The Balaban J connectivity index is 0.000000356. The molecule has 1 heteroatoms. The van der Waals surface area contributed by atoms with Gasteiger partial charge in [0, 0.05) is 26.2 Å². The van der Waals surface area contributed by atoms with Gasteiger partial charge in [0.2, 0.25) is 0 Å². The Morgan fingerprint density at radius 3 is 2.27 bits per heavy atom. The molecule has 0 spiro atoms. The summed E-state index contributed by atoms with van der Waals surface area (Å²) in [6, 6.07) is 10.7. The summed E-state index contributed by atoms with van der Waals surface area (Å²) < 4.78 is 0. The van der Waals surface area contributed by atoms with Crippen molar-refractivity contribution in [2.75, 3.05) is 0 Å². The van der Waals surface area contributed by atoms with Gasteiger partial charge in [0.05, 0.1) is 5.41 Å². The minimum Gasteiger partial charge on any atom is -0.0988 e. The zero-order valence-electron chi connectivity index (χ0n) is 13.3. The molecule has 1 atom stereocenters. The molecule has 2 aliphatic carbocycles. The van der Waals surface area contributed by atoms with E-state index in [-0.39, 0.29) is 31.6 Å². The molecule has 0 aromatic heterocycles. The minimum atomic E-state index is -0.0138. The molecule has 0 radical (unpaired) electrons. The van der Waals surface area contributed by atoms with Gasteiger partial charge in [-0.05, 0) is 30.6 Å². The molecule has 1 unspecified atom stereocenters. The standard InChI is InChI=1S/C16H14.C5H8.Zr/c1-13-10-12-16(11-6-5-9-15(13)16)14-7-3-2-4-8-14;1-4-5(2)3;/h2-12H,1H3;4H,1-2H2,3H3;. The zero-order chi connectivity index (χ0) is 15.3. The Bertz CT molecular complexity index is 656. The molecule has 110 valence electrons. The summed E-state index contributed by atoms with van der Waals surface area (Å²) in [6.45, 7) is 11.1. The van der Waals surface area contributed by atoms with Crippen LogP contribution in [-0.4, -0.2) is 0 Å². The van der Waals surface area contributed by atoms with Gasteiger partial charge < -0.3 is 0 Å². The summed E-state index contributed by atoms with van der Waals surface area (Å²) in [5.41, 5.74) is 5.12. The quantitative estimate of drug-likeness (QED) is 0.591. The van der Waals surface area contributed by atoms with E-state index in [2.05, 4.69) is 86.9 Å². The predicted octanol–water partition coefficient (Wildman–Crippen LogP) is 5.68. The molecule has 22 heavy (non-hydrogen) atoms. The third-order valence-corrected chi connectivity index (χ3v) is 3.80. The number of hydrogen-bond acceptors (Lipinski definition) is 0. The smallest absolute Gasteiger partial charge is 0.0571 e. The van der Waals surface area contributed by atoms with Gasteiger partial charge in [-0.25, -0.2) is 0 Å². The first-order valence-corrected chi connectivity index (χ1v) is 7.20. The number of fused-ring (bicyclic) bond motifs is 1. The maximum Gasteiger partial charge on any atom is 0.0571 e. The van der Waals surface area contributed by atoms with Crippen LogP contribution in [0.25, 0.3) is 0 Å². The molecule has 0 heterocycles. The van der Waals surface area contributed by atoms with Crippen molar-refractivity contribution in [3.8, 4) is 0 Å². The first-order chi connectivity index (χ1) is 10.1. The van der Waals surface area contributed by atoms with Crippen LogP contribution in [0.5, 0.6) is 0 Å².